The van der Waals surface area contributed by atoms with E-state index in [9.17, 15) is 14.4 Å². The first-order chi connectivity index (χ1) is 10.5. The van der Waals surface area contributed by atoms with Crippen LogP contribution >= 0.6 is 7.60 Å². The average Bonchev–Trinajstić information content (AvgIpc) is 2.46. The van der Waals surface area contributed by atoms with Gasteiger partial charge in [0.25, 0.3) is 0 Å². The van der Waals surface area contributed by atoms with E-state index in [0.29, 0.717) is 5.75 Å². The fourth-order valence-electron chi connectivity index (χ4n) is 2.31. The molecular weight excluding hydrogens is 345 g/mol. The van der Waals surface area contributed by atoms with Crippen LogP contribution in [-0.2, 0) is 11.0 Å². The Hall–Kier alpha value is 1.17. The monoisotopic (exact) mass is 372 g/mol. The number of hydrogen-bond donors (Lipinski definition) is 0. The molecule has 0 aliphatic carbocycles. The molecule has 0 aliphatic heterocycles. The summed E-state index contributed by atoms with van der Waals surface area (Å²) in [6.07, 6.45) is 9.69. The zero-order valence-corrected chi connectivity index (χ0v) is 20.4. The van der Waals surface area contributed by atoms with Crippen molar-refractivity contribution in [2.24, 2.45) is 0 Å². The second kappa shape index (κ2) is 16.4. The van der Waals surface area contributed by atoms with Gasteiger partial charge in [0.15, 0.2) is 0 Å². The minimum Gasteiger partial charge on any atom is -0.811 e. The number of ether oxygens (including phenoxy) is 1. The van der Waals surface area contributed by atoms with Crippen LogP contribution in [0, 0.1) is 0 Å². The Morgan fingerprint density at radius 3 is 2.00 bits per heavy atom. The molecule has 0 aliphatic rings. The van der Waals surface area contributed by atoms with Crippen LogP contribution < -0.4 is 73.6 Å². The van der Waals surface area contributed by atoms with Gasteiger partial charge in [-0.25, -0.2) is 0 Å². The molecule has 24 heavy (non-hydrogen) atoms. The van der Waals surface area contributed by atoms with Gasteiger partial charge in [-0.05, 0) is 30.5 Å². The quantitative estimate of drug-likeness (QED) is 0.227. The predicted octanol–water partition coefficient (Wildman–Crippen LogP) is -2.72. The maximum atomic E-state index is 10.5. The normalized spacial score (nSPS) is 10.6. The number of rotatable bonds is 12. The standard InChI is InChI=1S/C17H29O4P.2Na/c1-2-3-4-5-6-7-8-9-16-10-12-17(13-11-16)21-14-15-22(18,19)20;;/h10-13H,2-9,14-15H2,1H3,(H2,18,19,20);;/q;2*+1/p-2. The fraction of sp³-hybridized carbons (Fsp3) is 0.647. The first-order valence-corrected chi connectivity index (χ1v) is 9.97. The summed E-state index contributed by atoms with van der Waals surface area (Å²) in [5.41, 5.74) is 1.26. The summed E-state index contributed by atoms with van der Waals surface area (Å²) in [6.45, 7) is 2.15. The minimum absolute atomic E-state index is 0. The van der Waals surface area contributed by atoms with E-state index in [1.807, 2.05) is 24.3 Å². The van der Waals surface area contributed by atoms with Crippen molar-refractivity contribution in [3.8, 4) is 5.75 Å². The van der Waals surface area contributed by atoms with Crippen molar-refractivity contribution in [1.82, 2.24) is 0 Å². The fourth-order valence-corrected chi connectivity index (χ4v) is 2.63. The van der Waals surface area contributed by atoms with E-state index in [4.69, 9.17) is 4.74 Å². The van der Waals surface area contributed by atoms with Gasteiger partial charge in [-0.1, -0.05) is 65.2 Å². The van der Waals surface area contributed by atoms with E-state index in [1.54, 1.807) is 0 Å². The molecule has 0 saturated heterocycles. The molecule has 7 heteroatoms. The van der Waals surface area contributed by atoms with Crippen LogP contribution in [0.4, 0.5) is 0 Å². The Morgan fingerprint density at radius 2 is 1.46 bits per heavy atom. The van der Waals surface area contributed by atoms with Gasteiger partial charge >= 0.3 is 59.1 Å². The molecule has 0 radical (unpaired) electrons. The van der Waals surface area contributed by atoms with Crippen molar-refractivity contribution >= 4 is 7.60 Å². The Labute approximate surface area is 190 Å². The number of benzene rings is 1. The predicted molar refractivity (Wildman–Crippen MR) is 86.1 cm³/mol. The molecule has 0 unspecified atom stereocenters. The number of unbranched alkanes of at least 4 members (excludes halogenated alkanes) is 6. The molecule has 0 fully saturated rings. The third kappa shape index (κ3) is 15.4. The molecule has 0 aromatic heterocycles. The van der Waals surface area contributed by atoms with Gasteiger partial charge in [0.2, 0.25) is 0 Å². The average molecular weight is 372 g/mol. The van der Waals surface area contributed by atoms with Crippen LogP contribution in [-0.4, -0.2) is 12.8 Å². The molecule has 4 nitrogen and oxygen atoms in total. The molecule has 1 aromatic carbocycles. The van der Waals surface area contributed by atoms with Gasteiger partial charge < -0.3 is 19.1 Å². The van der Waals surface area contributed by atoms with Gasteiger partial charge in [0.1, 0.15) is 5.75 Å². The maximum absolute atomic E-state index is 10.5. The minimum atomic E-state index is -4.47. The van der Waals surface area contributed by atoms with E-state index in [2.05, 4.69) is 6.92 Å². The molecule has 126 valence electrons. The van der Waals surface area contributed by atoms with Gasteiger partial charge in [0.05, 0.1) is 6.61 Å². The second-order valence-electron chi connectivity index (χ2n) is 5.70. The summed E-state index contributed by atoms with van der Waals surface area (Å²) >= 11 is 0. The largest absolute Gasteiger partial charge is 1.00 e. The van der Waals surface area contributed by atoms with Crippen LogP contribution in [0.3, 0.4) is 0 Å². The van der Waals surface area contributed by atoms with Gasteiger partial charge in [-0.15, -0.1) is 0 Å². The topological polar surface area (TPSA) is 72.4 Å². The molecule has 1 aromatic rings. The summed E-state index contributed by atoms with van der Waals surface area (Å²) in [5.74, 6) is 0.608. The number of aryl methyl sites for hydroxylation is 1. The van der Waals surface area contributed by atoms with E-state index < -0.39 is 13.8 Å². The smallest absolute Gasteiger partial charge is 0.811 e. The van der Waals surface area contributed by atoms with Gasteiger partial charge in [-0.2, -0.15) is 0 Å². The van der Waals surface area contributed by atoms with E-state index in [0.717, 1.165) is 6.42 Å². The van der Waals surface area contributed by atoms with E-state index in [-0.39, 0.29) is 65.7 Å². The van der Waals surface area contributed by atoms with Crippen LogP contribution in [0.5, 0.6) is 5.75 Å². The SMILES string of the molecule is CCCCCCCCCc1ccc(OCCP(=O)([O-])[O-])cc1.[Na+].[Na+]. The van der Waals surface area contributed by atoms with Crippen LogP contribution in [0.1, 0.15) is 57.4 Å². The van der Waals surface area contributed by atoms with Gasteiger partial charge in [0, 0.05) is 6.16 Å². The molecule has 0 bridgehead atoms. The molecule has 0 atom stereocenters. The number of hydrogen-bond acceptors (Lipinski definition) is 4. The summed E-state index contributed by atoms with van der Waals surface area (Å²) < 4.78 is 15.7. The Bertz CT molecular complexity index is 448. The molecule has 0 heterocycles. The van der Waals surface area contributed by atoms with Crippen molar-refractivity contribution in [2.45, 2.75) is 58.3 Å². The van der Waals surface area contributed by atoms with Crippen LogP contribution in [0.15, 0.2) is 24.3 Å². The first kappa shape index (κ1) is 27.4. The van der Waals surface area contributed by atoms with Crippen molar-refractivity contribution in [3.63, 3.8) is 0 Å². The Kier molecular flexibility index (Phi) is 18.7. The van der Waals surface area contributed by atoms with Crippen molar-refractivity contribution in [3.05, 3.63) is 29.8 Å². The third-order valence-corrected chi connectivity index (χ3v) is 4.36. The van der Waals surface area contributed by atoms with Crippen molar-refractivity contribution < 1.29 is 78.2 Å². The first-order valence-electron chi connectivity index (χ1n) is 8.24. The molecule has 0 N–H and O–H groups in total. The van der Waals surface area contributed by atoms with Crippen molar-refractivity contribution in [2.75, 3.05) is 12.8 Å². The molecule has 0 spiro atoms. The summed E-state index contributed by atoms with van der Waals surface area (Å²) in [7, 11) is -4.47. The Morgan fingerprint density at radius 1 is 0.917 bits per heavy atom. The third-order valence-electron chi connectivity index (χ3n) is 3.63. The van der Waals surface area contributed by atoms with E-state index in [1.165, 1.54) is 50.5 Å². The summed E-state index contributed by atoms with van der Waals surface area (Å²) in [6, 6.07) is 7.66. The Balaban J connectivity index is 0. The summed E-state index contributed by atoms with van der Waals surface area (Å²) in [5, 5.41) is 0. The van der Waals surface area contributed by atoms with Crippen LogP contribution in [0.2, 0.25) is 0 Å². The van der Waals surface area contributed by atoms with E-state index >= 15 is 0 Å². The van der Waals surface area contributed by atoms with Gasteiger partial charge in [-0.3, -0.25) is 0 Å². The molecule has 0 saturated carbocycles. The maximum Gasteiger partial charge on any atom is 1.00 e. The molecule has 1 rings (SSSR count). The zero-order valence-electron chi connectivity index (χ0n) is 15.5. The summed E-state index contributed by atoms with van der Waals surface area (Å²) in [4.78, 5) is 21.0. The molecular formula is C17H27Na2O4P. The van der Waals surface area contributed by atoms with Crippen LogP contribution in [0.25, 0.3) is 0 Å². The van der Waals surface area contributed by atoms with Crippen molar-refractivity contribution in [1.29, 1.82) is 0 Å². The molecule has 0 amide bonds. The second-order valence-corrected chi connectivity index (χ2v) is 7.37. The zero-order chi connectivity index (χ0) is 16.3.